The van der Waals surface area contributed by atoms with Gasteiger partial charge < -0.3 is 10.3 Å². The number of amides is 1. The van der Waals surface area contributed by atoms with Crippen LogP contribution < -0.4 is 5.32 Å². The van der Waals surface area contributed by atoms with Crippen LogP contribution in [0.3, 0.4) is 0 Å². The van der Waals surface area contributed by atoms with Gasteiger partial charge in [-0.1, -0.05) is 18.6 Å². The second-order valence-corrected chi connectivity index (χ2v) is 7.93. The van der Waals surface area contributed by atoms with Crippen LogP contribution in [0.2, 0.25) is 0 Å². The SMILES string of the molecule is Cc1cccc(NC(=O)c2c(C)sc3c4c([nH]c23)CCCCC4)c1. The predicted molar refractivity (Wildman–Crippen MR) is 101 cm³/mol. The molecule has 2 aromatic heterocycles. The molecular weight excluding hydrogens is 316 g/mol. The number of carbonyl (C=O) groups excluding carboxylic acids is 1. The van der Waals surface area contributed by atoms with E-state index in [0.29, 0.717) is 0 Å². The summed E-state index contributed by atoms with van der Waals surface area (Å²) in [5.41, 5.74) is 6.64. The van der Waals surface area contributed by atoms with E-state index in [2.05, 4.69) is 10.3 Å². The van der Waals surface area contributed by atoms with Gasteiger partial charge in [0.15, 0.2) is 0 Å². The van der Waals surface area contributed by atoms with E-state index in [9.17, 15) is 4.79 Å². The van der Waals surface area contributed by atoms with E-state index in [1.807, 2.05) is 38.1 Å². The molecule has 24 heavy (non-hydrogen) atoms. The van der Waals surface area contributed by atoms with E-state index in [1.54, 1.807) is 11.3 Å². The highest BCUT2D eigenvalue weighted by Crippen LogP contribution is 2.37. The van der Waals surface area contributed by atoms with Gasteiger partial charge >= 0.3 is 0 Å². The Morgan fingerprint density at radius 1 is 1.17 bits per heavy atom. The lowest BCUT2D eigenvalue weighted by atomic mass is 10.1. The number of aromatic nitrogens is 1. The molecule has 0 spiro atoms. The molecule has 0 saturated heterocycles. The lowest BCUT2D eigenvalue weighted by molar-refractivity contribution is 0.102. The van der Waals surface area contributed by atoms with E-state index in [1.165, 1.54) is 35.2 Å². The second-order valence-electron chi connectivity index (χ2n) is 6.70. The number of carbonyl (C=O) groups is 1. The fourth-order valence-corrected chi connectivity index (χ4v) is 4.89. The van der Waals surface area contributed by atoms with Gasteiger partial charge in [-0.05, 0) is 62.8 Å². The Bertz CT molecular complexity index is 919. The van der Waals surface area contributed by atoms with Crippen molar-refractivity contribution in [3.63, 3.8) is 0 Å². The molecular formula is C20H22N2OS. The maximum Gasteiger partial charge on any atom is 0.258 e. The van der Waals surface area contributed by atoms with Crippen LogP contribution in [0.25, 0.3) is 10.2 Å². The molecule has 3 aromatic rings. The Balaban J connectivity index is 1.73. The largest absolute Gasteiger partial charge is 0.357 e. The zero-order chi connectivity index (χ0) is 16.7. The molecule has 1 amide bonds. The normalized spacial score (nSPS) is 14.4. The summed E-state index contributed by atoms with van der Waals surface area (Å²) in [5, 5.41) is 3.06. The number of hydrogen-bond donors (Lipinski definition) is 2. The Kier molecular flexibility index (Phi) is 3.93. The Hall–Kier alpha value is -2.07. The molecule has 4 rings (SSSR count). The van der Waals surface area contributed by atoms with Gasteiger partial charge in [-0.3, -0.25) is 4.79 Å². The third-order valence-electron chi connectivity index (χ3n) is 4.86. The van der Waals surface area contributed by atoms with Gasteiger partial charge in [-0.25, -0.2) is 0 Å². The molecule has 1 aliphatic carbocycles. The van der Waals surface area contributed by atoms with Crippen molar-refractivity contribution in [2.75, 3.05) is 5.32 Å². The van der Waals surface area contributed by atoms with Crippen LogP contribution in [0, 0.1) is 13.8 Å². The minimum Gasteiger partial charge on any atom is -0.357 e. The van der Waals surface area contributed by atoms with Crippen molar-refractivity contribution >= 4 is 33.1 Å². The minimum absolute atomic E-state index is 0.0132. The molecule has 0 fully saturated rings. The number of nitrogens with one attached hydrogen (secondary N) is 2. The molecule has 1 aliphatic rings. The maximum atomic E-state index is 12.9. The highest BCUT2D eigenvalue weighted by molar-refractivity contribution is 7.19. The first-order valence-corrected chi connectivity index (χ1v) is 9.46. The molecule has 0 saturated carbocycles. The van der Waals surface area contributed by atoms with Gasteiger partial charge in [-0.15, -0.1) is 11.3 Å². The number of anilines is 1. The number of benzene rings is 1. The third-order valence-corrected chi connectivity index (χ3v) is 6.02. The number of fused-ring (bicyclic) bond motifs is 3. The monoisotopic (exact) mass is 338 g/mol. The number of aromatic amines is 1. The second kappa shape index (κ2) is 6.10. The Morgan fingerprint density at radius 2 is 2.00 bits per heavy atom. The minimum atomic E-state index is -0.0132. The number of hydrogen-bond acceptors (Lipinski definition) is 2. The van der Waals surface area contributed by atoms with Gasteiger partial charge in [-0.2, -0.15) is 0 Å². The summed E-state index contributed by atoms with van der Waals surface area (Å²) < 4.78 is 1.29. The predicted octanol–water partition coefficient (Wildman–Crippen LogP) is 5.37. The zero-order valence-electron chi connectivity index (χ0n) is 14.2. The molecule has 0 unspecified atom stereocenters. The van der Waals surface area contributed by atoms with Crippen LogP contribution in [0.1, 0.15) is 51.3 Å². The average Bonchev–Trinajstić information content (AvgIpc) is 2.91. The van der Waals surface area contributed by atoms with Crippen LogP contribution in [0.4, 0.5) is 5.69 Å². The molecule has 2 N–H and O–H groups in total. The van der Waals surface area contributed by atoms with Crippen LogP contribution in [-0.4, -0.2) is 10.9 Å². The van der Waals surface area contributed by atoms with Crippen molar-refractivity contribution in [3.05, 3.63) is 51.5 Å². The lowest BCUT2D eigenvalue weighted by Crippen LogP contribution is -2.12. The van der Waals surface area contributed by atoms with Crippen LogP contribution >= 0.6 is 11.3 Å². The number of rotatable bonds is 2. The van der Waals surface area contributed by atoms with Crippen molar-refractivity contribution < 1.29 is 4.79 Å². The highest BCUT2D eigenvalue weighted by atomic mass is 32.1. The van der Waals surface area contributed by atoms with E-state index in [-0.39, 0.29) is 5.91 Å². The first kappa shape index (κ1) is 15.5. The quantitative estimate of drug-likeness (QED) is 0.606. The van der Waals surface area contributed by atoms with E-state index in [0.717, 1.165) is 40.0 Å². The van der Waals surface area contributed by atoms with Crippen molar-refractivity contribution in [1.82, 2.24) is 4.98 Å². The summed E-state index contributed by atoms with van der Waals surface area (Å²) in [7, 11) is 0. The standard InChI is InChI=1S/C20H22N2OS/c1-12-7-6-8-14(11-12)21-20(23)17-13(2)24-19-15-9-4-3-5-10-16(15)22-18(17)19/h6-8,11,22H,3-5,9-10H2,1-2H3,(H,21,23). The number of H-pyrrole nitrogens is 1. The van der Waals surface area contributed by atoms with Crippen LogP contribution in [0.15, 0.2) is 24.3 Å². The smallest absolute Gasteiger partial charge is 0.258 e. The molecule has 0 bridgehead atoms. The number of aryl methyl sites for hydroxylation is 4. The summed E-state index contributed by atoms with van der Waals surface area (Å²) in [6.07, 6.45) is 6.03. The summed E-state index contributed by atoms with van der Waals surface area (Å²) in [6.45, 7) is 4.08. The van der Waals surface area contributed by atoms with Gasteiger partial charge in [0, 0.05) is 16.3 Å². The van der Waals surface area contributed by atoms with Gasteiger partial charge in [0.05, 0.1) is 15.8 Å². The number of thiophene rings is 1. The molecule has 1 aromatic carbocycles. The lowest BCUT2D eigenvalue weighted by Gasteiger charge is -2.06. The highest BCUT2D eigenvalue weighted by Gasteiger charge is 2.23. The summed E-state index contributed by atoms with van der Waals surface area (Å²) in [4.78, 5) is 17.5. The first-order chi connectivity index (χ1) is 11.6. The molecule has 0 aliphatic heterocycles. The Morgan fingerprint density at radius 3 is 2.83 bits per heavy atom. The van der Waals surface area contributed by atoms with Gasteiger partial charge in [0.1, 0.15) is 0 Å². The molecule has 4 heteroatoms. The Labute approximate surface area is 146 Å². The van der Waals surface area contributed by atoms with E-state index >= 15 is 0 Å². The topological polar surface area (TPSA) is 44.9 Å². The molecule has 0 atom stereocenters. The molecule has 0 radical (unpaired) electrons. The molecule has 2 heterocycles. The fraction of sp³-hybridized carbons (Fsp3) is 0.350. The van der Waals surface area contributed by atoms with Gasteiger partial charge in [0.25, 0.3) is 5.91 Å². The third kappa shape index (κ3) is 2.65. The van der Waals surface area contributed by atoms with Gasteiger partial charge in [0.2, 0.25) is 0 Å². The maximum absolute atomic E-state index is 12.9. The van der Waals surface area contributed by atoms with Crippen LogP contribution in [0.5, 0.6) is 0 Å². The zero-order valence-corrected chi connectivity index (χ0v) is 15.0. The van der Waals surface area contributed by atoms with Crippen molar-refractivity contribution in [2.45, 2.75) is 46.0 Å². The van der Waals surface area contributed by atoms with E-state index in [4.69, 9.17) is 0 Å². The molecule has 3 nitrogen and oxygen atoms in total. The van der Waals surface area contributed by atoms with E-state index < -0.39 is 0 Å². The van der Waals surface area contributed by atoms with Crippen LogP contribution in [-0.2, 0) is 12.8 Å². The van der Waals surface area contributed by atoms with Crippen molar-refractivity contribution in [2.24, 2.45) is 0 Å². The van der Waals surface area contributed by atoms with Crippen molar-refractivity contribution in [1.29, 1.82) is 0 Å². The fourth-order valence-electron chi connectivity index (χ4n) is 3.69. The summed E-state index contributed by atoms with van der Waals surface area (Å²) in [6, 6.07) is 7.94. The summed E-state index contributed by atoms with van der Waals surface area (Å²) >= 11 is 1.76. The summed E-state index contributed by atoms with van der Waals surface area (Å²) in [5.74, 6) is -0.0132. The first-order valence-electron chi connectivity index (χ1n) is 8.64. The average molecular weight is 338 g/mol. The van der Waals surface area contributed by atoms with Crippen molar-refractivity contribution in [3.8, 4) is 0 Å². The molecule has 124 valence electrons.